The first-order chi connectivity index (χ1) is 9.10. The number of nitrogens with zero attached hydrogens (tertiary/aromatic N) is 3. The highest BCUT2D eigenvalue weighted by Crippen LogP contribution is 2.24. The Bertz CT molecular complexity index is 543. The van der Waals surface area contributed by atoms with Gasteiger partial charge in [0.1, 0.15) is 5.01 Å². The Kier molecular flexibility index (Phi) is 4.74. The molecule has 0 amide bonds. The van der Waals surface area contributed by atoms with Gasteiger partial charge in [0.2, 0.25) is 5.13 Å². The van der Waals surface area contributed by atoms with E-state index in [1.807, 2.05) is 25.2 Å². The van der Waals surface area contributed by atoms with Crippen LogP contribution in [0.1, 0.15) is 23.5 Å². The Morgan fingerprint density at radius 3 is 2.84 bits per heavy atom. The smallest absolute Gasteiger partial charge is 0.205 e. The Hall–Kier alpha value is -1.17. The van der Waals surface area contributed by atoms with Crippen molar-refractivity contribution in [2.24, 2.45) is 0 Å². The number of anilines is 1. The first kappa shape index (κ1) is 14.2. The number of nitrogens with one attached hydrogen (secondary N) is 1. The van der Waals surface area contributed by atoms with E-state index in [4.69, 9.17) is 11.6 Å². The Balaban J connectivity index is 2.04. The number of hydrogen-bond donors (Lipinski definition) is 1. The average molecular weight is 297 g/mol. The predicted octanol–water partition coefficient (Wildman–Crippen LogP) is 3.43. The summed E-state index contributed by atoms with van der Waals surface area (Å²) in [6.07, 6.45) is 0. The minimum atomic E-state index is 0.278. The molecule has 4 nitrogen and oxygen atoms in total. The first-order valence-corrected chi connectivity index (χ1v) is 7.25. The van der Waals surface area contributed by atoms with Crippen LogP contribution in [0.4, 0.5) is 5.13 Å². The van der Waals surface area contributed by atoms with Crippen LogP contribution < -0.4 is 5.32 Å². The van der Waals surface area contributed by atoms with Gasteiger partial charge < -0.3 is 5.32 Å². The zero-order chi connectivity index (χ0) is 13.8. The average Bonchev–Trinajstić information content (AvgIpc) is 2.85. The van der Waals surface area contributed by atoms with Gasteiger partial charge >= 0.3 is 0 Å². The summed E-state index contributed by atoms with van der Waals surface area (Å²) in [6.45, 7) is 2.93. The minimum absolute atomic E-state index is 0.278. The van der Waals surface area contributed by atoms with Crippen molar-refractivity contribution in [3.8, 4) is 0 Å². The maximum absolute atomic E-state index is 6.03. The third-order valence-electron chi connectivity index (χ3n) is 3.06. The van der Waals surface area contributed by atoms with E-state index in [2.05, 4.69) is 40.5 Å². The summed E-state index contributed by atoms with van der Waals surface area (Å²) >= 11 is 7.60. The molecule has 1 unspecified atom stereocenters. The van der Waals surface area contributed by atoms with Gasteiger partial charge in [-0.3, -0.25) is 4.90 Å². The summed E-state index contributed by atoms with van der Waals surface area (Å²) in [5, 5.41) is 13.8. The van der Waals surface area contributed by atoms with Crippen molar-refractivity contribution in [3.63, 3.8) is 0 Å². The summed E-state index contributed by atoms with van der Waals surface area (Å²) < 4.78 is 0. The molecule has 0 saturated carbocycles. The number of halogens is 1. The van der Waals surface area contributed by atoms with Crippen LogP contribution in [0.5, 0.6) is 0 Å². The molecule has 0 aliphatic carbocycles. The van der Waals surface area contributed by atoms with Gasteiger partial charge in [0.05, 0.1) is 6.54 Å². The van der Waals surface area contributed by atoms with Gasteiger partial charge in [0.25, 0.3) is 0 Å². The van der Waals surface area contributed by atoms with E-state index in [9.17, 15) is 0 Å². The van der Waals surface area contributed by atoms with Gasteiger partial charge in [-0.05, 0) is 31.7 Å². The highest BCUT2D eigenvalue weighted by atomic mass is 35.5. The highest BCUT2D eigenvalue weighted by molar-refractivity contribution is 7.15. The van der Waals surface area contributed by atoms with E-state index in [1.165, 1.54) is 5.56 Å². The second-order valence-corrected chi connectivity index (χ2v) is 5.90. The van der Waals surface area contributed by atoms with Crippen LogP contribution in [0.15, 0.2) is 24.3 Å². The lowest BCUT2D eigenvalue weighted by Gasteiger charge is -2.24. The van der Waals surface area contributed by atoms with Crippen molar-refractivity contribution in [3.05, 3.63) is 39.9 Å². The summed E-state index contributed by atoms with van der Waals surface area (Å²) in [6, 6.07) is 8.24. The topological polar surface area (TPSA) is 41.1 Å². The van der Waals surface area contributed by atoms with Crippen LogP contribution in [-0.4, -0.2) is 29.2 Å². The number of benzene rings is 1. The molecule has 102 valence electrons. The second kappa shape index (κ2) is 6.32. The van der Waals surface area contributed by atoms with Gasteiger partial charge in [0, 0.05) is 18.1 Å². The molecule has 0 fully saturated rings. The Labute approximate surface area is 122 Å². The minimum Gasteiger partial charge on any atom is -0.363 e. The van der Waals surface area contributed by atoms with Crippen molar-refractivity contribution in [1.82, 2.24) is 15.1 Å². The molecule has 0 saturated heterocycles. The van der Waals surface area contributed by atoms with Crippen molar-refractivity contribution < 1.29 is 0 Å². The van der Waals surface area contributed by atoms with Gasteiger partial charge in [-0.25, -0.2) is 0 Å². The molecule has 1 aromatic heterocycles. The predicted molar refractivity (Wildman–Crippen MR) is 80.8 cm³/mol. The lowest BCUT2D eigenvalue weighted by atomic mass is 10.1. The van der Waals surface area contributed by atoms with Crippen LogP contribution in [-0.2, 0) is 6.54 Å². The molecule has 2 aromatic rings. The van der Waals surface area contributed by atoms with E-state index >= 15 is 0 Å². The van der Waals surface area contributed by atoms with Crippen molar-refractivity contribution >= 4 is 28.1 Å². The molecule has 1 aromatic carbocycles. The van der Waals surface area contributed by atoms with E-state index in [0.29, 0.717) is 0 Å². The highest BCUT2D eigenvalue weighted by Gasteiger charge is 2.14. The Morgan fingerprint density at radius 1 is 1.42 bits per heavy atom. The van der Waals surface area contributed by atoms with E-state index in [1.54, 1.807) is 11.3 Å². The number of hydrogen-bond acceptors (Lipinski definition) is 5. The molecule has 0 aliphatic heterocycles. The molecule has 1 atom stereocenters. The zero-order valence-corrected chi connectivity index (χ0v) is 12.8. The summed E-state index contributed by atoms with van der Waals surface area (Å²) in [5.74, 6) is 0. The van der Waals surface area contributed by atoms with Crippen molar-refractivity contribution in [1.29, 1.82) is 0 Å². The summed E-state index contributed by atoms with van der Waals surface area (Å²) in [4.78, 5) is 2.23. The molecule has 0 spiro atoms. The molecular weight excluding hydrogens is 280 g/mol. The fourth-order valence-corrected chi connectivity index (χ4v) is 2.75. The number of aromatic nitrogens is 2. The largest absolute Gasteiger partial charge is 0.363 e. The van der Waals surface area contributed by atoms with Crippen molar-refractivity contribution in [2.45, 2.75) is 19.5 Å². The number of rotatable bonds is 5. The van der Waals surface area contributed by atoms with Crippen LogP contribution in [0.3, 0.4) is 0 Å². The van der Waals surface area contributed by atoms with Gasteiger partial charge in [-0.15, -0.1) is 10.2 Å². The van der Waals surface area contributed by atoms with Crippen LogP contribution >= 0.6 is 22.9 Å². The molecule has 1 heterocycles. The summed E-state index contributed by atoms with van der Waals surface area (Å²) in [5.41, 5.74) is 1.20. The standard InChI is InChI=1S/C13H17ClN4S/c1-9(10-5-4-6-11(14)7-10)18(3)8-12-16-17-13(15-2)19-12/h4-7,9H,8H2,1-3H3,(H,15,17). The lowest BCUT2D eigenvalue weighted by molar-refractivity contribution is 0.252. The normalized spacial score (nSPS) is 12.7. The quantitative estimate of drug-likeness (QED) is 0.918. The molecule has 6 heteroatoms. The summed E-state index contributed by atoms with van der Waals surface area (Å²) in [7, 11) is 3.93. The molecule has 0 radical (unpaired) electrons. The van der Waals surface area contributed by atoms with Crippen molar-refractivity contribution in [2.75, 3.05) is 19.4 Å². The molecule has 1 N–H and O–H groups in total. The zero-order valence-electron chi connectivity index (χ0n) is 11.2. The Morgan fingerprint density at radius 2 is 2.21 bits per heavy atom. The van der Waals surface area contributed by atoms with Gasteiger partial charge in [-0.2, -0.15) is 0 Å². The van der Waals surface area contributed by atoms with E-state index < -0.39 is 0 Å². The van der Waals surface area contributed by atoms with Crippen LogP contribution in [0.2, 0.25) is 5.02 Å². The molecule has 2 rings (SSSR count). The van der Waals surface area contributed by atoms with Gasteiger partial charge in [-0.1, -0.05) is 35.1 Å². The third kappa shape index (κ3) is 3.65. The molecule has 19 heavy (non-hydrogen) atoms. The fourth-order valence-electron chi connectivity index (χ4n) is 1.79. The first-order valence-electron chi connectivity index (χ1n) is 6.06. The SMILES string of the molecule is CNc1nnc(CN(C)C(C)c2cccc(Cl)c2)s1. The molecule has 0 aliphatic rings. The molecule has 0 bridgehead atoms. The molecular formula is C13H17ClN4S. The monoisotopic (exact) mass is 296 g/mol. The lowest BCUT2D eigenvalue weighted by Crippen LogP contribution is -2.21. The van der Waals surface area contributed by atoms with E-state index in [-0.39, 0.29) is 6.04 Å². The maximum atomic E-state index is 6.03. The van der Waals surface area contributed by atoms with Gasteiger partial charge in [0.15, 0.2) is 0 Å². The fraction of sp³-hybridized carbons (Fsp3) is 0.385. The third-order valence-corrected chi connectivity index (χ3v) is 4.22. The van der Waals surface area contributed by atoms with Crippen LogP contribution in [0, 0.1) is 0 Å². The van der Waals surface area contributed by atoms with E-state index in [0.717, 1.165) is 21.7 Å². The second-order valence-electron chi connectivity index (χ2n) is 4.40. The van der Waals surface area contributed by atoms with Crippen LogP contribution in [0.25, 0.3) is 0 Å². The maximum Gasteiger partial charge on any atom is 0.205 e.